The monoisotopic (exact) mass is 224 g/mol. The maximum Gasteiger partial charge on any atom is 0.338 e. The predicted molar refractivity (Wildman–Crippen MR) is 51.3 cm³/mol. The summed E-state index contributed by atoms with van der Waals surface area (Å²) in [5, 5.41) is 21.3. The molecule has 0 saturated carbocycles. The van der Waals surface area contributed by atoms with Crippen LogP contribution in [-0.2, 0) is 0 Å². The van der Waals surface area contributed by atoms with Gasteiger partial charge in [-0.15, -0.1) is 5.10 Å². The lowest BCUT2D eigenvalue weighted by Gasteiger charge is -1.98. The van der Waals surface area contributed by atoms with Crippen molar-refractivity contribution in [2.45, 2.75) is 0 Å². The van der Waals surface area contributed by atoms with Gasteiger partial charge in [0, 0.05) is 0 Å². The Labute approximate surface area is 86.9 Å². The number of hydrogen-bond acceptors (Lipinski definition) is 5. The van der Waals surface area contributed by atoms with Crippen molar-refractivity contribution >= 4 is 33.7 Å². The zero-order chi connectivity index (χ0) is 11.0. The second-order valence-electron chi connectivity index (χ2n) is 2.72. The summed E-state index contributed by atoms with van der Waals surface area (Å²) in [4.78, 5) is 21.6. The van der Waals surface area contributed by atoms with Crippen molar-refractivity contribution in [3.8, 4) is 0 Å². The molecule has 2 aromatic rings. The van der Waals surface area contributed by atoms with Crippen LogP contribution in [0.15, 0.2) is 12.1 Å². The first-order chi connectivity index (χ1) is 7.11. The second-order valence-corrected chi connectivity index (χ2v) is 3.48. The molecule has 0 aliphatic carbocycles. The number of fused-ring (bicyclic) bond motifs is 1. The second kappa shape index (κ2) is 3.28. The highest BCUT2D eigenvalue weighted by Crippen LogP contribution is 2.24. The molecule has 1 aromatic heterocycles. The summed E-state index contributed by atoms with van der Waals surface area (Å²) in [7, 11) is 0. The first-order valence-corrected chi connectivity index (χ1v) is 4.60. The molecule has 0 amide bonds. The number of nitrogens with zero attached hydrogens (tertiary/aromatic N) is 2. The Morgan fingerprint density at radius 1 is 1.13 bits per heavy atom. The Hall–Kier alpha value is -2.02. The van der Waals surface area contributed by atoms with Crippen LogP contribution in [0.1, 0.15) is 20.7 Å². The minimum atomic E-state index is -1.15. The van der Waals surface area contributed by atoms with E-state index in [-0.39, 0.29) is 21.3 Å². The van der Waals surface area contributed by atoms with E-state index >= 15 is 0 Å². The molecule has 0 aliphatic heterocycles. The summed E-state index contributed by atoms with van der Waals surface area (Å²) in [5.41, 5.74) is 0.0983. The normalized spacial score (nSPS) is 10.4. The van der Waals surface area contributed by atoms with Crippen LogP contribution in [0.3, 0.4) is 0 Å². The highest BCUT2D eigenvalue weighted by molar-refractivity contribution is 7.13. The van der Waals surface area contributed by atoms with Crippen LogP contribution in [0, 0.1) is 0 Å². The molecule has 1 aromatic carbocycles. The largest absolute Gasteiger partial charge is 0.478 e. The van der Waals surface area contributed by atoms with E-state index in [1.54, 1.807) is 0 Å². The van der Waals surface area contributed by atoms with Crippen molar-refractivity contribution in [1.82, 2.24) is 9.59 Å². The molecule has 0 saturated heterocycles. The summed E-state index contributed by atoms with van der Waals surface area (Å²) in [5.74, 6) is -2.27. The lowest BCUT2D eigenvalue weighted by molar-refractivity contribution is 0.0684. The number of carboxylic acid groups (broad SMARTS) is 2. The van der Waals surface area contributed by atoms with Gasteiger partial charge in [0.15, 0.2) is 0 Å². The van der Waals surface area contributed by atoms with Crippen molar-refractivity contribution in [2.75, 3.05) is 0 Å². The Kier molecular flexibility index (Phi) is 2.09. The standard InChI is InChI=1S/C8H4N2O4S/c11-7(12)3-1-2-4(8(13)14)6-5(3)9-10-15-6/h1-2H,(H,11,12)(H,13,14). The molecule has 7 heteroatoms. The molecule has 2 rings (SSSR count). The Morgan fingerprint density at radius 3 is 2.33 bits per heavy atom. The number of aromatic nitrogens is 2. The van der Waals surface area contributed by atoms with Gasteiger partial charge in [0.2, 0.25) is 0 Å². The zero-order valence-corrected chi connectivity index (χ0v) is 7.98. The lowest BCUT2D eigenvalue weighted by atomic mass is 10.1. The third-order valence-electron chi connectivity index (χ3n) is 1.87. The van der Waals surface area contributed by atoms with Gasteiger partial charge in [0.1, 0.15) is 5.52 Å². The maximum atomic E-state index is 10.8. The van der Waals surface area contributed by atoms with Crippen LogP contribution in [-0.4, -0.2) is 31.7 Å². The van der Waals surface area contributed by atoms with Gasteiger partial charge in [-0.05, 0) is 23.7 Å². The Morgan fingerprint density at radius 2 is 1.73 bits per heavy atom. The van der Waals surface area contributed by atoms with E-state index in [0.717, 1.165) is 11.5 Å². The van der Waals surface area contributed by atoms with Crippen LogP contribution in [0.25, 0.3) is 10.2 Å². The molecule has 0 atom stereocenters. The molecule has 76 valence electrons. The average Bonchev–Trinajstić information content (AvgIpc) is 2.63. The smallest absolute Gasteiger partial charge is 0.338 e. The molecule has 0 aliphatic rings. The number of rotatable bonds is 2. The van der Waals surface area contributed by atoms with Crippen LogP contribution in [0.5, 0.6) is 0 Å². The third-order valence-corrected chi connectivity index (χ3v) is 2.62. The van der Waals surface area contributed by atoms with E-state index in [1.165, 1.54) is 12.1 Å². The first kappa shape index (κ1) is 9.53. The summed E-state index contributed by atoms with van der Waals surface area (Å²) < 4.78 is 3.83. The fourth-order valence-electron chi connectivity index (χ4n) is 1.21. The number of carboxylic acids is 2. The molecule has 0 spiro atoms. The quantitative estimate of drug-likeness (QED) is 0.791. The molecule has 15 heavy (non-hydrogen) atoms. The molecular formula is C8H4N2O4S. The van der Waals surface area contributed by atoms with Crippen molar-refractivity contribution in [3.05, 3.63) is 23.3 Å². The molecule has 1 heterocycles. The fraction of sp³-hybridized carbons (Fsp3) is 0. The van der Waals surface area contributed by atoms with Gasteiger partial charge in [-0.1, -0.05) is 4.49 Å². The summed E-state index contributed by atoms with van der Waals surface area (Å²) in [6.07, 6.45) is 0. The molecule has 0 bridgehead atoms. The number of hydrogen-bond donors (Lipinski definition) is 2. The molecule has 0 radical (unpaired) electrons. The van der Waals surface area contributed by atoms with Crippen molar-refractivity contribution in [2.24, 2.45) is 0 Å². The zero-order valence-electron chi connectivity index (χ0n) is 7.17. The first-order valence-electron chi connectivity index (χ1n) is 3.83. The van der Waals surface area contributed by atoms with E-state index < -0.39 is 11.9 Å². The summed E-state index contributed by atoms with van der Waals surface area (Å²) in [6.45, 7) is 0. The molecule has 2 N–H and O–H groups in total. The van der Waals surface area contributed by atoms with E-state index in [1.807, 2.05) is 0 Å². The van der Waals surface area contributed by atoms with Gasteiger partial charge >= 0.3 is 11.9 Å². The van der Waals surface area contributed by atoms with Crippen LogP contribution in [0.4, 0.5) is 0 Å². The maximum absolute atomic E-state index is 10.8. The number of benzene rings is 1. The molecule has 0 unspecified atom stereocenters. The predicted octanol–water partition coefficient (Wildman–Crippen LogP) is 1.09. The summed E-state index contributed by atoms with van der Waals surface area (Å²) in [6, 6.07) is 2.46. The van der Waals surface area contributed by atoms with Crippen LogP contribution >= 0.6 is 11.5 Å². The minimum absolute atomic E-state index is 0.0185. The van der Waals surface area contributed by atoms with E-state index in [9.17, 15) is 9.59 Å². The van der Waals surface area contributed by atoms with Gasteiger partial charge in [0.05, 0.1) is 15.8 Å². The highest BCUT2D eigenvalue weighted by atomic mass is 32.1. The van der Waals surface area contributed by atoms with Crippen molar-refractivity contribution in [3.63, 3.8) is 0 Å². The summed E-state index contributed by atoms with van der Waals surface area (Å²) >= 11 is 0.869. The van der Waals surface area contributed by atoms with Gasteiger partial charge in [-0.25, -0.2) is 9.59 Å². The van der Waals surface area contributed by atoms with E-state index in [0.29, 0.717) is 0 Å². The topological polar surface area (TPSA) is 100 Å². The third kappa shape index (κ3) is 1.42. The van der Waals surface area contributed by atoms with Crippen molar-refractivity contribution < 1.29 is 19.8 Å². The number of carbonyl (C=O) groups is 2. The molecule has 6 nitrogen and oxygen atoms in total. The van der Waals surface area contributed by atoms with Crippen LogP contribution in [0.2, 0.25) is 0 Å². The number of aromatic carboxylic acids is 2. The van der Waals surface area contributed by atoms with Gasteiger partial charge < -0.3 is 10.2 Å². The molecule has 0 fully saturated rings. The van der Waals surface area contributed by atoms with Gasteiger partial charge in [-0.2, -0.15) is 0 Å². The molecular weight excluding hydrogens is 220 g/mol. The Balaban J connectivity index is 2.82. The average molecular weight is 224 g/mol. The van der Waals surface area contributed by atoms with Gasteiger partial charge in [0.25, 0.3) is 0 Å². The van der Waals surface area contributed by atoms with Gasteiger partial charge in [-0.3, -0.25) is 0 Å². The SMILES string of the molecule is O=C(O)c1ccc(C(=O)O)c2snnc12. The fourth-order valence-corrected chi connectivity index (χ4v) is 1.90. The van der Waals surface area contributed by atoms with Crippen LogP contribution < -0.4 is 0 Å². The highest BCUT2D eigenvalue weighted by Gasteiger charge is 2.17. The lowest BCUT2D eigenvalue weighted by Crippen LogP contribution is -2.01. The van der Waals surface area contributed by atoms with Crippen molar-refractivity contribution in [1.29, 1.82) is 0 Å². The van der Waals surface area contributed by atoms with E-state index in [4.69, 9.17) is 10.2 Å². The van der Waals surface area contributed by atoms with E-state index in [2.05, 4.69) is 9.59 Å². The minimum Gasteiger partial charge on any atom is -0.478 e. The Bertz CT molecular complexity index is 515.